The maximum Gasteiger partial charge on any atom is 0.263 e. The van der Waals surface area contributed by atoms with Gasteiger partial charge in [0.25, 0.3) is 5.91 Å². The number of para-hydroxylation sites is 1. The summed E-state index contributed by atoms with van der Waals surface area (Å²) in [5.41, 5.74) is 4.32. The maximum absolute atomic E-state index is 13.3. The molecule has 4 heterocycles. The Hall–Kier alpha value is -3.00. The first kappa shape index (κ1) is 25.6. The molecule has 1 aliphatic heterocycles. The number of nitrogens with one attached hydrogen (secondary N) is 2. The average Bonchev–Trinajstić information content (AvgIpc) is 3.47. The van der Waals surface area contributed by atoms with Crippen LogP contribution in [0.4, 0.5) is 11.4 Å². The molecule has 0 fully saturated rings. The summed E-state index contributed by atoms with van der Waals surface area (Å²) in [5.74, 6) is -0.191. The third-order valence-corrected chi connectivity index (χ3v) is 5.47. The summed E-state index contributed by atoms with van der Waals surface area (Å²) in [6.45, 7) is 9.38. The Labute approximate surface area is 213 Å². The molecular formula is C24H25Cl3N6O. The van der Waals surface area contributed by atoms with Crippen molar-refractivity contribution in [1.29, 1.82) is 0 Å². The number of pyridine rings is 1. The van der Waals surface area contributed by atoms with Gasteiger partial charge >= 0.3 is 0 Å². The summed E-state index contributed by atoms with van der Waals surface area (Å²) in [4.78, 5) is 24.6. The Bertz CT molecular complexity index is 1290. The number of hydrogen-bond acceptors (Lipinski definition) is 4. The third-order valence-electron chi connectivity index (χ3n) is 4.86. The van der Waals surface area contributed by atoms with Crippen LogP contribution in [0.15, 0.2) is 54.5 Å². The first-order valence-corrected chi connectivity index (χ1v) is 11.7. The molecule has 1 aliphatic rings. The fourth-order valence-corrected chi connectivity index (χ4v) is 4.20. The van der Waals surface area contributed by atoms with Crippen LogP contribution >= 0.6 is 34.8 Å². The highest BCUT2D eigenvalue weighted by atomic mass is 35.5. The number of anilines is 2. The van der Waals surface area contributed by atoms with E-state index in [0.29, 0.717) is 38.6 Å². The van der Waals surface area contributed by atoms with Gasteiger partial charge in [0, 0.05) is 35.4 Å². The lowest BCUT2D eigenvalue weighted by atomic mass is 10.1. The summed E-state index contributed by atoms with van der Waals surface area (Å²) >= 11 is 17.7. The molecule has 3 aromatic heterocycles. The van der Waals surface area contributed by atoms with Crippen LogP contribution in [0.2, 0.25) is 10.0 Å². The summed E-state index contributed by atoms with van der Waals surface area (Å²) in [5, 5.41) is 9.14. The first-order valence-electron chi connectivity index (χ1n) is 10.6. The molecule has 34 heavy (non-hydrogen) atoms. The van der Waals surface area contributed by atoms with Gasteiger partial charge < -0.3 is 9.88 Å². The molecule has 7 nitrogen and oxygen atoms in total. The van der Waals surface area contributed by atoms with Crippen molar-refractivity contribution >= 4 is 63.1 Å². The fraction of sp³-hybridized carbons (Fsp3) is 0.208. The molecule has 0 aliphatic carbocycles. The van der Waals surface area contributed by atoms with Gasteiger partial charge in [0.1, 0.15) is 5.65 Å². The van der Waals surface area contributed by atoms with Gasteiger partial charge in [-0.2, -0.15) is 5.10 Å². The van der Waals surface area contributed by atoms with E-state index in [2.05, 4.69) is 26.7 Å². The van der Waals surface area contributed by atoms with Gasteiger partial charge in [-0.3, -0.25) is 14.8 Å². The van der Waals surface area contributed by atoms with E-state index in [1.165, 1.54) is 0 Å². The van der Waals surface area contributed by atoms with Crippen LogP contribution in [0.1, 0.15) is 31.1 Å². The molecular weight excluding hydrogens is 495 g/mol. The minimum atomic E-state index is -0.191. The second-order valence-electron chi connectivity index (χ2n) is 7.27. The zero-order valence-electron chi connectivity index (χ0n) is 19.3. The van der Waals surface area contributed by atoms with Crippen LogP contribution in [0.3, 0.4) is 0 Å². The Morgan fingerprint density at radius 3 is 2.38 bits per heavy atom. The van der Waals surface area contributed by atoms with E-state index in [-0.39, 0.29) is 5.91 Å². The lowest BCUT2D eigenvalue weighted by Gasteiger charge is -2.36. The van der Waals surface area contributed by atoms with Gasteiger partial charge in [0.15, 0.2) is 0 Å². The summed E-state index contributed by atoms with van der Waals surface area (Å²) in [6.07, 6.45) is 5.11. The Balaban J connectivity index is 0.000000492. The summed E-state index contributed by atoms with van der Waals surface area (Å²) in [6, 6.07) is 7.17. The number of rotatable bonds is 2. The summed E-state index contributed by atoms with van der Waals surface area (Å²) < 4.78 is 0. The maximum atomic E-state index is 13.3. The van der Waals surface area contributed by atoms with Crippen molar-refractivity contribution in [2.75, 3.05) is 23.5 Å². The number of nitrogens with zero attached hydrogens (tertiary/aromatic N) is 4. The van der Waals surface area contributed by atoms with E-state index >= 15 is 0 Å². The molecule has 178 valence electrons. The van der Waals surface area contributed by atoms with Gasteiger partial charge in [0.05, 0.1) is 45.5 Å². The molecule has 0 atom stereocenters. The third kappa shape index (κ3) is 5.06. The highest BCUT2D eigenvalue weighted by Crippen LogP contribution is 2.40. The smallest absolute Gasteiger partial charge is 0.263 e. The fourth-order valence-electron chi connectivity index (χ4n) is 3.59. The molecule has 0 spiro atoms. The van der Waals surface area contributed by atoms with Gasteiger partial charge in [0.2, 0.25) is 0 Å². The van der Waals surface area contributed by atoms with Crippen molar-refractivity contribution in [2.24, 2.45) is 0 Å². The van der Waals surface area contributed by atoms with Crippen LogP contribution in [-0.2, 0) is 0 Å². The number of benzene rings is 1. The number of aromatic nitrogens is 4. The van der Waals surface area contributed by atoms with E-state index in [4.69, 9.17) is 34.8 Å². The molecule has 1 aromatic carbocycles. The number of aromatic amines is 2. The lowest BCUT2D eigenvalue weighted by molar-refractivity contribution is 0.0982. The Morgan fingerprint density at radius 2 is 1.79 bits per heavy atom. The first-order chi connectivity index (χ1) is 16.3. The van der Waals surface area contributed by atoms with E-state index < -0.39 is 0 Å². The SMILES string of the molecule is C=C(C)Cl.CC.CN1CN(c2c(Cl)cccc2Cl)C(=O)c2cnc3[nH]c(-c4cn[nH]c4)cc3c21. The molecule has 0 bridgehead atoms. The zero-order chi connectivity index (χ0) is 25.0. The predicted octanol–water partition coefficient (Wildman–Crippen LogP) is 7.10. The number of fused-ring (bicyclic) bond motifs is 3. The number of halogens is 3. The van der Waals surface area contributed by atoms with E-state index in [9.17, 15) is 4.79 Å². The number of allylic oxidation sites excluding steroid dienone is 1. The second kappa shape index (κ2) is 11.0. The van der Waals surface area contributed by atoms with Gasteiger partial charge in [-0.25, -0.2) is 4.98 Å². The largest absolute Gasteiger partial charge is 0.355 e. The number of amides is 1. The number of carbonyl (C=O) groups is 1. The number of hydrogen-bond donors (Lipinski definition) is 2. The molecule has 2 N–H and O–H groups in total. The van der Waals surface area contributed by atoms with Crippen LogP contribution in [-0.4, -0.2) is 39.8 Å². The van der Waals surface area contributed by atoms with Gasteiger partial charge in [-0.1, -0.05) is 61.3 Å². The van der Waals surface area contributed by atoms with Crippen molar-refractivity contribution < 1.29 is 4.79 Å². The average molecular weight is 520 g/mol. The van der Waals surface area contributed by atoms with Crippen LogP contribution < -0.4 is 9.80 Å². The minimum Gasteiger partial charge on any atom is -0.355 e. The van der Waals surface area contributed by atoms with E-state index in [0.717, 1.165) is 22.3 Å². The molecule has 0 saturated carbocycles. The topological polar surface area (TPSA) is 80.9 Å². The summed E-state index contributed by atoms with van der Waals surface area (Å²) in [7, 11) is 1.92. The van der Waals surface area contributed by atoms with Crippen molar-refractivity contribution in [3.05, 3.63) is 70.1 Å². The molecule has 1 amide bonds. The van der Waals surface area contributed by atoms with Gasteiger partial charge in [-0.05, 0) is 25.1 Å². The molecule has 0 saturated heterocycles. The van der Waals surface area contributed by atoms with Crippen molar-refractivity contribution in [3.8, 4) is 11.3 Å². The molecule has 0 unspecified atom stereocenters. The van der Waals surface area contributed by atoms with Crippen molar-refractivity contribution in [2.45, 2.75) is 20.8 Å². The molecule has 4 aromatic rings. The number of H-pyrrole nitrogens is 2. The number of carbonyl (C=O) groups excluding carboxylic acids is 1. The van der Waals surface area contributed by atoms with Gasteiger partial charge in [-0.15, -0.1) is 0 Å². The molecule has 10 heteroatoms. The Kier molecular flexibility index (Phi) is 8.25. The van der Waals surface area contributed by atoms with E-state index in [1.54, 1.807) is 48.6 Å². The normalized spacial score (nSPS) is 12.5. The highest BCUT2D eigenvalue weighted by molar-refractivity contribution is 6.40. The van der Waals surface area contributed by atoms with E-state index in [1.807, 2.05) is 31.9 Å². The van der Waals surface area contributed by atoms with Crippen LogP contribution in [0.25, 0.3) is 22.3 Å². The van der Waals surface area contributed by atoms with Crippen molar-refractivity contribution in [3.63, 3.8) is 0 Å². The van der Waals surface area contributed by atoms with Crippen LogP contribution in [0.5, 0.6) is 0 Å². The molecule has 0 radical (unpaired) electrons. The standard InChI is InChI=1S/C19H14Cl2N6O.C3H5Cl.C2H6/c1-26-9-27(17-13(20)3-2-4-14(17)21)19(28)12-8-22-18-11(16(12)26)5-15(25-18)10-6-23-24-7-10;1-3(2)4;1-2/h2-8H,9H2,1H3,(H,22,25)(H,23,24);1H2,2H3;1-2H3. The zero-order valence-corrected chi connectivity index (χ0v) is 21.6. The quantitative estimate of drug-likeness (QED) is 0.296. The minimum absolute atomic E-state index is 0.191. The predicted molar refractivity (Wildman–Crippen MR) is 142 cm³/mol. The van der Waals surface area contributed by atoms with Crippen LogP contribution in [0, 0.1) is 0 Å². The second-order valence-corrected chi connectivity index (χ2v) is 8.73. The monoisotopic (exact) mass is 518 g/mol. The molecule has 5 rings (SSSR count). The van der Waals surface area contributed by atoms with Crippen molar-refractivity contribution in [1.82, 2.24) is 20.2 Å². The Morgan fingerprint density at radius 1 is 1.15 bits per heavy atom. The lowest BCUT2D eigenvalue weighted by Crippen LogP contribution is -2.45. The highest BCUT2D eigenvalue weighted by Gasteiger charge is 2.33.